The van der Waals surface area contributed by atoms with Crippen molar-refractivity contribution in [1.82, 2.24) is 14.8 Å². The van der Waals surface area contributed by atoms with Gasteiger partial charge in [0.25, 0.3) is 0 Å². The van der Waals surface area contributed by atoms with Gasteiger partial charge in [-0.1, -0.05) is 20.8 Å². The lowest BCUT2D eigenvalue weighted by atomic mass is 9.91. The third kappa shape index (κ3) is 2.51. The van der Waals surface area contributed by atoms with Crippen LogP contribution in [0.3, 0.4) is 0 Å². The van der Waals surface area contributed by atoms with Gasteiger partial charge in [-0.2, -0.15) is 9.78 Å². The summed E-state index contributed by atoms with van der Waals surface area (Å²) in [5, 5.41) is 15.5. The molecule has 20 heavy (non-hydrogen) atoms. The minimum atomic E-state index is -0.502. The van der Waals surface area contributed by atoms with E-state index in [1.807, 2.05) is 20.8 Å². The molecular weight excluding hydrogens is 326 g/mol. The zero-order valence-corrected chi connectivity index (χ0v) is 12.9. The monoisotopic (exact) mass is 339 g/mol. The normalized spacial score (nSPS) is 11.6. The Bertz CT molecular complexity index is 658. The van der Waals surface area contributed by atoms with Gasteiger partial charge >= 0.3 is 5.69 Å². The van der Waals surface area contributed by atoms with Crippen molar-refractivity contribution >= 4 is 27.4 Å². The van der Waals surface area contributed by atoms with Crippen molar-refractivity contribution in [2.24, 2.45) is 0 Å². The number of halogens is 1. The standard InChI is InChI=1S/C12H14BrN5O2/c1-12(2,3)10-9(18(19)20)11(14)17(16-10)8-5-4-7(13)6-15-8/h4-6H,14H2,1-3H3. The molecular formula is C12H14BrN5O2. The largest absolute Gasteiger partial charge is 0.378 e. The lowest BCUT2D eigenvalue weighted by Crippen LogP contribution is -2.14. The zero-order valence-electron chi connectivity index (χ0n) is 11.3. The van der Waals surface area contributed by atoms with Crippen molar-refractivity contribution in [3.63, 3.8) is 0 Å². The fourth-order valence-corrected chi connectivity index (χ4v) is 2.01. The zero-order chi connectivity index (χ0) is 15.1. The van der Waals surface area contributed by atoms with Crippen LogP contribution in [-0.2, 0) is 5.41 Å². The van der Waals surface area contributed by atoms with Gasteiger partial charge in [0, 0.05) is 16.1 Å². The summed E-state index contributed by atoms with van der Waals surface area (Å²) >= 11 is 3.28. The summed E-state index contributed by atoms with van der Waals surface area (Å²) in [6.45, 7) is 5.55. The highest BCUT2D eigenvalue weighted by molar-refractivity contribution is 9.10. The lowest BCUT2D eigenvalue weighted by molar-refractivity contribution is -0.385. The van der Waals surface area contributed by atoms with E-state index in [0.717, 1.165) is 4.47 Å². The number of hydrogen-bond acceptors (Lipinski definition) is 5. The van der Waals surface area contributed by atoms with Crippen LogP contribution in [0.4, 0.5) is 11.5 Å². The highest BCUT2D eigenvalue weighted by atomic mass is 79.9. The summed E-state index contributed by atoms with van der Waals surface area (Å²) in [6, 6.07) is 3.45. The van der Waals surface area contributed by atoms with Crippen LogP contribution in [0, 0.1) is 10.1 Å². The molecule has 0 spiro atoms. The third-order valence-electron chi connectivity index (χ3n) is 2.72. The molecule has 2 aromatic rings. The molecule has 8 heteroatoms. The molecule has 106 valence electrons. The molecule has 0 aromatic carbocycles. The fourth-order valence-electron chi connectivity index (χ4n) is 1.78. The van der Waals surface area contributed by atoms with E-state index in [0.29, 0.717) is 11.5 Å². The van der Waals surface area contributed by atoms with Crippen LogP contribution in [0.5, 0.6) is 0 Å². The summed E-state index contributed by atoms with van der Waals surface area (Å²) < 4.78 is 2.10. The first-order valence-corrected chi connectivity index (χ1v) is 6.66. The van der Waals surface area contributed by atoms with Gasteiger partial charge in [-0.25, -0.2) is 4.98 Å². The number of aromatic nitrogens is 3. The summed E-state index contributed by atoms with van der Waals surface area (Å²) in [7, 11) is 0. The average Bonchev–Trinajstić information content (AvgIpc) is 2.68. The van der Waals surface area contributed by atoms with Crippen molar-refractivity contribution in [1.29, 1.82) is 0 Å². The van der Waals surface area contributed by atoms with E-state index in [2.05, 4.69) is 26.0 Å². The number of pyridine rings is 1. The third-order valence-corrected chi connectivity index (χ3v) is 3.19. The van der Waals surface area contributed by atoms with Crippen LogP contribution in [0.2, 0.25) is 0 Å². The molecule has 0 atom stereocenters. The molecule has 0 amide bonds. The highest BCUT2D eigenvalue weighted by Crippen LogP contribution is 2.35. The van der Waals surface area contributed by atoms with Crippen LogP contribution in [0.25, 0.3) is 5.82 Å². The molecule has 2 aromatic heterocycles. The molecule has 0 fully saturated rings. The molecule has 0 aliphatic carbocycles. The molecule has 0 aliphatic heterocycles. The summed E-state index contributed by atoms with van der Waals surface area (Å²) in [4.78, 5) is 14.9. The Morgan fingerprint density at radius 1 is 1.40 bits per heavy atom. The van der Waals surface area contributed by atoms with E-state index in [4.69, 9.17) is 5.73 Å². The van der Waals surface area contributed by atoms with Crippen LogP contribution in [0.15, 0.2) is 22.8 Å². The number of anilines is 1. The van der Waals surface area contributed by atoms with Gasteiger partial charge in [-0.3, -0.25) is 10.1 Å². The van der Waals surface area contributed by atoms with Crippen molar-refractivity contribution in [2.45, 2.75) is 26.2 Å². The first-order chi connectivity index (χ1) is 9.21. The molecule has 2 N–H and O–H groups in total. The maximum absolute atomic E-state index is 11.2. The predicted octanol–water partition coefficient (Wildman–Crippen LogP) is 2.82. The maximum Gasteiger partial charge on any atom is 0.334 e. The van der Waals surface area contributed by atoms with E-state index >= 15 is 0 Å². The minimum absolute atomic E-state index is 0.0188. The second-order valence-corrected chi connectivity index (χ2v) is 6.25. The molecule has 0 saturated carbocycles. The van der Waals surface area contributed by atoms with Gasteiger partial charge in [-0.15, -0.1) is 0 Å². The summed E-state index contributed by atoms with van der Waals surface area (Å²) in [5.74, 6) is 0.416. The Morgan fingerprint density at radius 2 is 2.05 bits per heavy atom. The first-order valence-electron chi connectivity index (χ1n) is 5.87. The van der Waals surface area contributed by atoms with E-state index in [1.54, 1.807) is 18.3 Å². The van der Waals surface area contributed by atoms with Crippen molar-refractivity contribution in [2.75, 3.05) is 5.73 Å². The molecule has 0 saturated heterocycles. The summed E-state index contributed by atoms with van der Waals surface area (Å²) in [6.07, 6.45) is 1.58. The number of hydrogen-bond donors (Lipinski definition) is 1. The fraction of sp³-hybridized carbons (Fsp3) is 0.333. The van der Waals surface area contributed by atoms with Crippen molar-refractivity contribution in [3.8, 4) is 5.82 Å². The van der Waals surface area contributed by atoms with Crippen LogP contribution in [-0.4, -0.2) is 19.7 Å². The average molecular weight is 340 g/mol. The SMILES string of the molecule is CC(C)(C)c1nn(-c2ccc(Br)cn2)c(N)c1[N+](=O)[O-]. The number of rotatable bonds is 2. The smallest absolute Gasteiger partial charge is 0.334 e. The quantitative estimate of drug-likeness (QED) is 0.669. The maximum atomic E-state index is 11.2. The Labute approximate surface area is 124 Å². The molecule has 0 bridgehead atoms. The minimum Gasteiger partial charge on any atom is -0.378 e. The van der Waals surface area contributed by atoms with Crippen LogP contribution < -0.4 is 5.73 Å². The van der Waals surface area contributed by atoms with Crippen molar-refractivity contribution in [3.05, 3.63) is 38.6 Å². The van der Waals surface area contributed by atoms with Gasteiger partial charge in [-0.05, 0) is 28.1 Å². The van der Waals surface area contributed by atoms with Gasteiger partial charge in [0.15, 0.2) is 5.82 Å². The number of nitrogen functional groups attached to an aromatic ring is 1. The molecule has 7 nitrogen and oxygen atoms in total. The Morgan fingerprint density at radius 3 is 2.45 bits per heavy atom. The van der Waals surface area contributed by atoms with Gasteiger partial charge in [0.1, 0.15) is 5.69 Å². The second kappa shape index (κ2) is 4.86. The predicted molar refractivity (Wildman–Crippen MR) is 78.8 cm³/mol. The Balaban J connectivity index is 2.67. The second-order valence-electron chi connectivity index (χ2n) is 5.34. The highest BCUT2D eigenvalue weighted by Gasteiger charge is 2.34. The van der Waals surface area contributed by atoms with Crippen LogP contribution >= 0.6 is 15.9 Å². The van der Waals surface area contributed by atoms with E-state index in [9.17, 15) is 10.1 Å². The molecule has 0 radical (unpaired) electrons. The molecule has 2 heterocycles. The van der Waals surface area contributed by atoms with E-state index < -0.39 is 10.3 Å². The Hall–Kier alpha value is -1.96. The Kier molecular flexibility index (Phi) is 3.51. The van der Waals surface area contributed by atoms with Gasteiger partial charge < -0.3 is 5.73 Å². The van der Waals surface area contributed by atoms with E-state index in [1.165, 1.54) is 4.68 Å². The lowest BCUT2D eigenvalue weighted by Gasteiger charge is -2.13. The van der Waals surface area contributed by atoms with Crippen LogP contribution in [0.1, 0.15) is 26.5 Å². The van der Waals surface area contributed by atoms with Crippen molar-refractivity contribution < 1.29 is 4.92 Å². The number of nitrogens with zero attached hydrogens (tertiary/aromatic N) is 4. The van der Waals surface area contributed by atoms with Gasteiger partial charge in [0.05, 0.1) is 4.92 Å². The molecule has 2 rings (SSSR count). The topological polar surface area (TPSA) is 99.9 Å². The summed E-state index contributed by atoms with van der Waals surface area (Å²) in [5.41, 5.74) is 5.56. The molecule has 0 unspecified atom stereocenters. The van der Waals surface area contributed by atoms with E-state index in [-0.39, 0.29) is 11.5 Å². The molecule has 0 aliphatic rings. The van der Waals surface area contributed by atoms with Gasteiger partial charge in [0.2, 0.25) is 5.82 Å². The number of nitrogens with two attached hydrogens (primary N) is 1. The number of nitro groups is 1. The first kappa shape index (κ1) is 14.4.